The summed E-state index contributed by atoms with van der Waals surface area (Å²) in [5, 5.41) is 0. The van der Waals surface area contributed by atoms with Gasteiger partial charge in [-0.2, -0.15) is 0 Å². The van der Waals surface area contributed by atoms with E-state index in [9.17, 15) is 4.79 Å². The van der Waals surface area contributed by atoms with Gasteiger partial charge in [0.15, 0.2) is 0 Å². The van der Waals surface area contributed by atoms with E-state index in [0.29, 0.717) is 25.6 Å². The Morgan fingerprint density at radius 2 is 2.19 bits per heavy atom. The molecule has 2 aliphatic heterocycles. The number of piperidine rings is 1. The third kappa shape index (κ3) is 3.69. The number of amides is 1. The highest BCUT2D eigenvalue weighted by Gasteiger charge is 2.30. The summed E-state index contributed by atoms with van der Waals surface area (Å²) in [5.41, 5.74) is 0. The molecule has 2 saturated heterocycles. The highest BCUT2D eigenvalue weighted by molar-refractivity contribution is 5.79. The standard InChI is InChI=1S/C15H21N3O3/c19-15(12-4-8-20-9-5-12)18-7-1-2-13(10-18)21-14-3-6-16-11-17-14/h3,6,11-13H,1-2,4-5,7-10H2. The molecule has 2 aliphatic rings. The molecule has 0 aromatic carbocycles. The Bertz CT molecular complexity index is 462. The molecule has 114 valence electrons. The molecule has 6 nitrogen and oxygen atoms in total. The second kappa shape index (κ2) is 6.85. The van der Waals surface area contributed by atoms with Crippen molar-refractivity contribution in [3.63, 3.8) is 0 Å². The van der Waals surface area contributed by atoms with Crippen molar-refractivity contribution >= 4 is 5.91 Å². The number of aromatic nitrogens is 2. The summed E-state index contributed by atoms with van der Waals surface area (Å²) in [6, 6.07) is 1.75. The summed E-state index contributed by atoms with van der Waals surface area (Å²) >= 11 is 0. The fraction of sp³-hybridized carbons (Fsp3) is 0.667. The second-order valence-electron chi connectivity index (χ2n) is 5.60. The van der Waals surface area contributed by atoms with Gasteiger partial charge in [0, 0.05) is 37.9 Å². The maximum atomic E-state index is 12.5. The zero-order chi connectivity index (χ0) is 14.5. The van der Waals surface area contributed by atoms with E-state index in [0.717, 1.165) is 32.2 Å². The van der Waals surface area contributed by atoms with Crippen LogP contribution in [0.15, 0.2) is 18.6 Å². The van der Waals surface area contributed by atoms with Gasteiger partial charge in [0.05, 0.1) is 6.54 Å². The van der Waals surface area contributed by atoms with Gasteiger partial charge in [0.1, 0.15) is 12.4 Å². The molecule has 6 heteroatoms. The molecule has 0 bridgehead atoms. The topological polar surface area (TPSA) is 64.5 Å². The number of hydrogen-bond acceptors (Lipinski definition) is 5. The van der Waals surface area contributed by atoms with Crippen molar-refractivity contribution in [3.8, 4) is 5.88 Å². The Morgan fingerprint density at radius 3 is 2.95 bits per heavy atom. The fourth-order valence-corrected chi connectivity index (χ4v) is 2.96. The van der Waals surface area contributed by atoms with Gasteiger partial charge >= 0.3 is 0 Å². The fourth-order valence-electron chi connectivity index (χ4n) is 2.96. The first-order valence-corrected chi connectivity index (χ1v) is 7.62. The third-order valence-electron chi connectivity index (χ3n) is 4.10. The molecule has 1 aromatic rings. The van der Waals surface area contributed by atoms with E-state index in [2.05, 4.69) is 9.97 Å². The molecule has 3 heterocycles. The van der Waals surface area contributed by atoms with Crippen molar-refractivity contribution < 1.29 is 14.3 Å². The van der Waals surface area contributed by atoms with Crippen LogP contribution in [0, 0.1) is 5.92 Å². The normalized spacial score (nSPS) is 23.8. The molecule has 21 heavy (non-hydrogen) atoms. The number of hydrogen-bond donors (Lipinski definition) is 0. The number of likely N-dealkylation sites (tertiary alicyclic amines) is 1. The summed E-state index contributed by atoms with van der Waals surface area (Å²) in [4.78, 5) is 22.4. The highest BCUT2D eigenvalue weighted by atomic mass is 16.5. The molecule has 0 saturated carbocycles. The molecule has 1 aromatic heterocycles. The summed E-state index contributed by atoms with van der Waals surface area (Å²) in [5.74, 6) is 0.959. The van der Waals surface area contributed by atoms with Crippen molar-refractivity contribution in [2.24, 2.45) is 5.92 Å². The Morgan fingerprint density at radius 1 is 1.33 bits per heavy atom. The molecule has 0 N–H and O–H groups in total. The largest absolute Gasteiger partial charge is 0.472 e. The maximum absolute atomic E-state index is 12.5. The van der Waals surface area contributed by atoms with E-state index in [1.807, 2.05) is 4.90 Å². The Hall–Kier alpha value is -1.69. The van der Waals surface area contributed by atoms with Crippen LogP contribution in [-0.4, -0.2) is 53.2 Å². The van der Waals surface area contributed by atoms with Gasteiger partial charge in [-0.05, 0) is 25.7 Å². The average Bonchev–Trinajstić information content (AvgIpc) is 2.56. The van der Waals surface area contributed by atoms with Crippen LogP contribution in [0.3, 0.4) is 0 Å². The van der Waals surface area contributed by atoms with E-state index in [-0.39, 0.29) is 17.9 Å². The van der Waals surface area contributed by atoms with Crippen LogP contribution in [0.2, 0.25) is 0 Å². The number of ether oxygens (including phenoxy) is 2. The van der Waals surface area contributed by atoms with Crippen molar-refractivity contribution in [3.05, 3.63) is 18.6 Å². The minimum atomic E-state index is 0.0254. The van der Waals surface area contributed by atoms with Crippen LogP contribution in [-0.2, 0) is 9.53 Å². The Labute approximate surface area is 124 Å². The summed E-state index contributed by atoms with van der Waals surface area (Å²) < 4.78 is 11.2. The Balaban J connectivity index is 1.56. The molecular formula is C15H21N3O3. The van der Waals surface area contributed by atoms with Gasteiger partial charge in [-0.3, -0.25) is 4.79 Å². The SMILES string of the molecule is O=C(C1CCOCC1)N1CCCC(Oc2ccncn2)C1. The van der Waals surface area contributed by atoms with Crippen LogP contribution in [0.25, 0.3) is 0 Å². The zero-order valence-corrected chi connectivity index (χ0v) is 12.1. The summed E-state index contributed by atoms with van der Waals surface area (Å²) in [7, 11) is 0. The van der Waals surface area contributed by atoms with Gasteiger partial charge in [-0.15, -0.1) is 0 Å². The number of rotatable bonds is 3. The lowest BCUT2D eigenvalue weighted by Crippen LogP contribution is -2.47. The van der Waals surface area contributed by atoms with Crippen molar-refractivity contribution in [2.75, 3.05) is 26.3 Å². The molecule has 0 aliphatic carbocycles. The molecule has 3 rings (SSSR count). The van der Waals surface area contributed by atoms with Gasteiger partial charge in [0.25, 0.3) is 0 Å². The van der Waals surface area contributed by atoms with E-state index >= 15 is 0 Å². The zero-order valence-electron chi connectivity index (χ0n) is 12.1. The van der Waals surface area contributed by atoms with Gasteiger partial charge in [-0.1, -0.05) is 0 Å². The maximum Gasteiger partial charge on any atom is 0.225 e. The second-order valence-corrected chi connectivity index (χ2v) is 5.60. The average molecular weight is 291 g/mol. The summed E-state index contributed by atoms with van der Waals surface area (Å²) in [6.07, 6.45) is 6.78. The minimum Gasteiger partial charge on any atom is -0.472 e. The third-order valence-corrected chi connectivity index (χ3v) is 4.10. The van der Waals surface area contributed by atoms with Crippen LogP contribution < -0.4 is 4.74 Å². The highest BCUT2D eigenvalue weighted by Crippen LogP contribution is 2.22. The van der Waals surface area contributed by atoms with Crippen LogP contribution in [0.4, 0.5) is 0 Å². The van der Waals surface area contributed by atoms with Gasteiger partial charge in [0.2, 0.25) is 11.8 Å². The molecule has 0 radical (unpaired) electrons. The molecule has 1 amide bonds. The first kappa shape index (κ1) is 14.3. The molecular weight excluding hydrogens is 270 g/mol. The van der Waals surface area contributed by atoms with Gasteiger partial charge < -0.3 is 14.4 Å². The quantitative estimate of drug-likeness (QED) is 0.839. The number of nitrogens with zero attached hydrogens (tertiary/aromatic N) is 3. The number of carbonyl (C=O) groups excluding carboxylic acids is 1. The lowest BCUT2D eigenvalue weighted by atomic mass is 9.97. The monoisotopic (exact) mass is 291 g/mol. The first-order chi connectivity index (χ1) is 10.3. The van der Waals surface area contributed by atoms with E-state index in [1.54, 1.807) is 12.3 Å². The Kier molecular flexibility index (Phi) is 4.65. The molecule has 0 spiro atoms. The first-order valence-electron chi connectivity index (χ1n) is 7.62. The molecule has 1 atom stereocenters. The van der Waals surface area contributed by atoms with Crippen molar-refractivity contribution in [1.29, 1.82) is 0 Å². The molecule has 1 unspecified atom stereocenters. The van der Waals surface area contributed by atoms with Crippen LogP contribution in [0.1, 0.15) is 25.7 Å². The predicted octanol–water partition coefficient (Wildman–Crippen LogP) is 1.27. The number of carbonyl (C=O) groups is 1. The van der Waals surface area contributed by atoms with Gasteiger partial charge in [-0.25, -0.2) is 9.97 Å². The van der Waals surface area contributed by atoms with E-state index in [1.165, 1.54) is 6.33 Å². The van der Waals surface area contributed by atoms with Crippen LogP contribution >= 0.6 is 0 Å². The van der Waals surface area contributed by atoms with Crippen LogP contribution in [0.5, 0.6) is 5.88 Å². The minimum absolute atomic E-state index is 0.0254. The van der Waals surface area contributed by atoms with Crippen molar-refractivity contribution in [2.45, 2.75) is 31.8 Å². The molecule has 2 fully saturated rings. The van der Waals surface area contributed by atoms with Crippen molar-refractivity contribution in [1.82, 2.24) is 14.9 Å². The summed E-state index contributed by atoms with van der Waals surface area (Å²) in [6.45, 7) is 2.89. The lowest BCUT2D eigenvalue weighted by Gasteiger charge is -2.35. The lowest BCUT2D eigenvalue weighted by molar-refractivity contribution is -0.141. The smallest absolute Gasteiger partial charge is 0.225 e. The van der Waals surface area contributed by atoms with E-state index < -0.39 is 0 Å². The van der Waals surface area contributed by atoms with E-state index in [4.69, 9.17) is 9.47 Å². The predicted molar refractivity (Wildman–Crippen MR) is 75.8 cm³/mol.